The van der Waals surface area contributed by atoms with E-state index in [0.717, 1.165) is 51.8 Å². The first-order valence-electron chi connectivity index (χ1n) is 10.0. The number of halogens is 1. The molecule has 0 saturated carbocycles. The summed E-state index contributed by atoms with van der Waals surface area (Å²) in [5.74, 6) is 0.268. The summed E-state index contributed by atoms with van der Waals surface area (Å²) < 4.78 is 6.36. The fraction of sp³-hybridized carbons (Fsp3) is 0.500. The standard InChI is InChI=1S/C22H28N2O2S.ClH/c23-12-5-4-8-21(25)24-13-10-22(11-14-24)18-16-20(17-6-2-1-3-7-17)27-19(18)9-15-26-22;/h1-3,6-7,16H,4-5,8-15,23H2;1H. The molecule has 0 atom stereocenters. The second-order valence-corrected chi connectivity index (χ2v) is 8.67. The molecule has 4 rings (SSSR count). The van der Waals surface area contributed by atoms with Crippen molar-refractivity contribution in [3.63, 3.8) is 0 Å². The molecule has 28 heavy (non-hydrogen) atoms. The van der Waals surface area contributed by atoms with Crippen molar-refractivity contribution in [3.05, 3.63) is 46.8 Å². The number of piperidine rings is 1. The van der Waals surface area contributed by atoms with Gasteiger partial charge in [0.05, 0.1) is 12.2 Å². The maximum atomic E-state index is 12.4. The second kappa shape index (κ2) is 9.40. The predicted octanol–water partition coefficient (Wildman–Crippen LogP) is 4.36. The van der Waals surface area contributed by atoms with Gasteiger partial charge in [0, 0.05) is 35.7 Å². The van der Waals surface area contributed by atoms with E-state index in [1.165, 1.54) is 20.9 Å². The summed E-state index contributed by atoms with van der Waals surface area (Å²) in [4.78, 5) is 17.2. The van der Waals surface area contributed by atoms with Gasteiger partial charge in [0.15, 0.2) is 0 Å². The summed E-state index contributed by atoms with van der Waals surface area (Å²) in [6.45, 7) is 3.02. The molecule has 1 saturated heterocycles. The van der Waals surface area contributed by atoms with Crippen LogP contribution in [0.2, 0.25) is 0 Å². The molecule has 2 aromatic rings. The Morgan fingerprint density at radius 2 is 1.93 bits per heavy atom. The molecule has 2 N–H and O–H groups in total. The number of rotatable bonds is 5. The molecule has 4 nitrogen and oxygen atoms in total. The van der Waals surface area contributed by atoms with Crippen LogP contribution in [0.25, 0.3) is 10.4 Å². The summed E-state index contributed by atoms with van der Waals surface area (Å²) in [7, 11) is 0. The van der Waals surface area contributed by atoms with Gasteiger partial charge in [-0.25, -0.2) is 0 Å². The van der Waals surface area contributed by atoms with Gasteiger partial charge in [0.2, 0.25) is 5.91 Å². The lowest BCUT2D eigenvalue weighted by atomic mass is 9.82. The van der Waals surface area contributed by atoms with Crippen molar-refractivity contribution in [1.29, 1.82) is 0 Å². The summed E-state index contributed by atoms with van der Waals surface area (Å²) in [5, 5.41) is 0. The molecule has 0 bridgehead atoms. The van der Waals surface area contributed by atoms with Gasteiger partial charge >= 0.3 is 0 Å². The number of ether oxygens (including phenoxy) is 1. The molecule has 1 spiro atoms. The number of amides is 1. The molecule has 3 heterocycles. The predicted molar refractivity (Wildman–Crippen MR) is 117 cm³/mol. The molecule has 1 amide bonds. The molecule has 1 aromatic carbocycles. The molecule has 2 aliphatic heterocycles. The van der Waals surface area contributed by atoms with Gasteiger partial charge in [-0.1, -0.05) is 30.3 Å². The van der Waals surface area contributed by atoms with Crippen molar-refractivity contribution >= 4 is 29.7 Å². The summed E-state index contributed by atoms with van der Waals surface area (Å²) in [6.07, 6.45) is 5.22. The van der Waals surface area contributed by atoms with Crippen LogP contribution < -0.4 is 5.73 Å². The van der Waals surface area contributed by atoms with Crippen LogP contribution in [0.3, 0.4) is 0 Å². The third kappa shape index (κ3) is 4.28. The highest BCUT2D eigenvalue weighted by Gasteiger charge is 2.42. The number of benzene rings is 1. The van der Waals surface area contributed by atoms with Crippen molar-refractivity contribution in [2.75, 3.05) is 26.2 Å². The maximum Gasteiger partial charge on any atom is 0.222 e. The largest absolute Gasteiger partial charge is 0.370 e. The van der Waals surface area contributed by atoms with E-state index in [1.54, 1.807) is 0 Å². The highest BCUT2D eigenvalue weighted by atomic mass is 35.5. The number of nitrogens with two attached hydrogens (primary N) is 1. The van der Waals surface area contributed by atoms with Crippen LogP contribution in [0.4, 0.5) is 0 Å². The Morgan fingerprint density at radius 3 is 2.64 bits per heavy atom. The summed E-state index contributed by atoms with van der Waals surface area (Å²) in [5.41, 5.74) is 7.98. The number of nitrogens with zero attached hydrogens (tertiary/aromatic N) is 1. The minimum absolute atomic E-state index is 0. The summed E-state index contributed by atoms with van der Waals surface area (Å²) in [6, 6.07) is 12.9. The Morgan fingerprint density at radius 1 is 1.18 bits per heavy atom. The van der Waals surface area contributed by atoms with Crippen LogP contribution in [-0.2, 0) is 21.6 Å². The van der Waals surface area contributed by atoms with E-state index in [1.807, 2.05) is 16.2 Å². The second-order valence-electron chi connectivity index (χ2n) is 7.53. The lowest BCUT2D eigenvalue weighted by molar-refractivity contribution is -0.140. The van der Waals surface area contributed by atoms with Gasteiger partial charge in [-0.05, 0) is 49.4 Å². The third-order valence-corrected chi connectivity index (χ3v) is 7.08. The average molecular weight is 421 g/mol. The van der Waals surface area contributed by atoms with E-state index < -0.39 is 0 Å². The van der Waals surface area contributed by atoms with Crippen molar-refractivity contribution in [3.8, 4) is 10.4 Å². The minimum Gasteiger partial charge on any atom is -0.370 e. The SMILES string of the molecule is Cl.NCCCCC(=O)N1CCC2(CC1)OCCc1sc(-c3ccccc3)cc12. The molecule has 0 radical (unpaired) electrons. The molecule has 2 aliphatic rings. The van der Waals surface area contributed by atoms with Crippen LogP contribution in [-0.4, -0.2) is 37.0 Å². The molecule has 1 fully saturated rings. The normalized spacial score (nSPS) is 17.8. The van der Waals surface area contributed by atoms with Crippen LogP contribution in [0.1, 0.15) is 42.5 Å². The Labute approximate surface area is 177 Å². The Bertz CT molecular complexity index is 785. The van der Waals surface area contributed by atoms with Crippen molar-refractivity contribution in [2.24, 2.45) is 5.73 Å². The number of unbranched alkanes of at least 4 members (excludes halogenated alkanes) is 1. The number of thiophene rings is 1. The van der Waals surface area contributed by atoms with Gasteiger partial charge in [0.1, 0.15) is 0 Å². The topological polar surface area (TPSA) is 55.6 Å². The zero-order chi connectivity index (χ0) is 18.7. The van der Waals surface area contributed by atoms with Crippen molar-refractivity contribution in [1.82, 2.24) is 4.90 Å². The molecule has 152 valence electrons. The van der Waals surface area contributed by atoms with Gasteiger partial charge in [-0.2, -0.15) is 0 Å². The zero-order valence-corrected chi connectivity index (χ0v) is 17.8. The highest BCUT2D eigenvalue weighted by Crippen LogP contribution is 2.46. The van der Waals surface area contributed by atoms with Crippen LogP contribution in [0, 0.1) is 0 Å². The van der Waals surface area contributed by atoms with E-state index in [4.69, 9.17) is 10.5 Å². The van der Waals surface area contributed by atoms with Crippen LogP contribution >= 0.6 is 23.7 Å². The zero-order valence-electron chi connectivity index (χ0n) is 16.2. The highest BCUT2D eigenvalue weighted by molar-refractivity contribution is 7.15. The molecule has 1 aromatic heterocycles. The molecular weight excluding hydrogens is 392 g/mol. The first-order valence-corrected chi connectivity index (χ1v) is 10.8. The number of hydrogen-bond acceptors (Lipinski definition) is 4. The van der Waals surface area contributed by atoms with E-state index in [2.05, 4.69) is 36.4 Å². The van der Waals surface area contributed by atoms with Crippen molar-refractivity contribution in [2.45, 2.75) is 44.1 Å². The summed E-state index contributed by atoms with van der Waals surface area (Å²) >= 11 is 1.90. The van der Waals surface area contributed by atoms with Crippen molar-refractivity contribution < 1.29 is 9.53 Å². The molecular formula is C22H29ClN2O2S. The minimum atomic E-state index is -0.203. The van der Waals surface area contributed by atoms with Gasteiger partial charge in [-0.15, -0.1) is 23.7 Å². The number of fused-ring (bicyclic) bond motifs is 2. The lowest BCUT2D eigenvalue weighted by Crippen LogP contribution is -2.48. The molecule has 0 aliphatic carbocycles. The van der Waals surface area contributed by atoms with E-state index >= 15 is 0 Å². The smallest absolute Gasteiger partial charge is 0.222 e. The lowest BCUT2D eigenvalue weighted by Gasteiger charge is -2.44. The van der Waals surface area contributed by atoms with Crippen LogP contribution in [0.15, 0.2) is 36.4 Å². The van der Waals surface area contributed by atoms with E-state index in [0.29, 0.717) is 13.0 Å². The van der Waals surface area contributed by atoms with E-state index in [-0.39, 0.29) is 23.9 Å². The molecule has 0 unspecified atom stereocenters. The van der Waals surface area contributed by atoms with E-state index in [9.17, 15) is 4.79 Å². The van der Waals surface area contributed by atoms with Gasteiger partial charge in [-0.3, -0.25) is 4.79 Å². The Kier molecular flexibility index (Phi) is 7.15. The fourth-order valence-electron chi connectivity index (χ4n) is 4.27. The number of carbonyl (C=O) groups is 1. The first kappa shape index (κ1) is 21.3. The Balaban J connectivity index is 0.00000225. The Hall–Kier alpha value is -1.40. The maximum absolute atomic E-state index is 12.4. The third-order valence-electron chi connectivity index (χ3n) is 5.83. The number of likely N-dealkylation sites (tertiary alicyclic amines) is 1. The van der Waals surface area contributed by atoms with Gasteiger partial charge < -0.3 is 15.4 Å². The monoisotopic (exact) mass is 420 g/mol. The molecule has 6 heteroatoms. The first-order chi connectivity index (χ1) is 13.2. The number of hydrogen-bond donors (Lipinski definition) is 1. The number of carbonyl (C=O) groups excluding carboxylic acids is 1. The van der Waals surface area contributed by atoms with Gasteiger partial charge in [0.25, 0.3) is 0 Å². The van der Waals surface area contributed by atoms with Crippen LogP contribution in [0.5, 0.6) is 0 Å². The average Bonchev–Trinajstić information content (AvgIpc) is 3.15. The fourth-order valence-corrected chi connectivity index (χ4v) is 5.51. The quantitative estimate of drug-likeness (QED) is 0.731.